The Kier molecular flexibility index (Phi) is 7.67. The van der Waals surface area contributed by atoms with E-state index in [0.717, 1.165) is 54.1 Å². The van der Waals surface area contributed by atoms with Gasteiger partial charge in [-0.1, -0.05) is 133 Å². The lowest BCUT2D eigenvalue weighted by atomic mass is 9.88. The van der Waals surface area contributed by atoms with E-state index in [0.29, 0.717) is 0 Å². The predicted octanol–water partition coefficient (Wildman–Crippen LogP) is 15.4. The van der Waals surface area contributed by atoms with Crippen LogP contribution in [0.25, 0.3) is 70.2 Å². The second-order valence-corrected chi connectivity index (χ2v) is 15.7. The molecule has 0 aliphatic heterocycles. The van der Waals surface area contributed by atoms with Gasteiger partial charge in [0.1, 0.15) is 11.3 Å². The molecule has 0 amide bonds. The number of allylic oxidation sites excluding steroid dienone is 5. The van der Waals surface area contributed by atoms with E-state index in [-0.39, 0.29) is 0 Å². The molecule has 11 rings (SSSR count). The number of fused-ring (bicyclic) bond motifs is 7. The molecule has 0 spiro atoms. The minimum Gasteiger partial charge on any atom is -0.456 e. The highest BCUT2D eigenvalue weighted by Gasteiger charge is 2.25. The molecule has 7 aromatic carbocycles. The molecule has 0 saturated heterocycles. The van der Waals surface area contributed by atoms with Crippen LogP contribution in [0.5, 0.6) is 0 Å². The number of nitrogens with zero attached hydrogens (tertiary/aromatic N) is 1. The van der Waals surface area contributed by atoms with Gasteiger partial charge in [0.25, 0.3) is 0 Å². The van der Waals surface area contributed by atoms with Crippen LogP contribution in [-0.2, 0) is 6.42 Å². The predicted molar refractivity (Wildman–Crippen MR) is 235 cm³/mol. The zero-order valence-corrected chi connectivity index (χ0v) is 31.2. The third kappa shape index (κ3) is 5.38. The fraction of sp³-hybridized carbons (Fsp3) is 0.0769. The lowest BCUT2D eigenvalue weighted by Gasteiger charge is -2.29. The van der Waals surface area contributed by atoms with Crippen LogP contribution >= 0.6 is 11.3 Å². The van der Waals surface area contributed by atoms with Crippen LogP contribution in [0.2, 0.25) is 0 Å². The molecule has 0 N–H and O–H groups in total. The fourth-order valence-electron chi connectivity index (χ4n) is 8.88. The maximum atomic E-state index is 6.81. The molecule has 2 aromatic heterocycles. The van der Waals surface area contributed by atoms with Crippen LogP contribution in [0.15, 0.2) is 185 Å². The van der Waals surface area contributed by atoms with E-state index in [1.165, 1.54) is 75.3 Å². The Labute approximate surface area is 324 Å². The molecular formula is C52H37NOS. The Morgan fingerprint density at radius 3 is 2.05 bits per heavy atom. The van der Waals surface area contributed by atoms with Gasteiger partial charge in [-0.3, -0.25) is 0 Å². The highest BCUT2D eigenvalue weighted by molar-refractivity contribution is 7.26. The maximum Gasteiger partial charge on any atom is 0.137 e. The topological polar surface area (TPSA) is 16.4 Å². The summed E-state index contributed by atoms with van der Waals surface area (Å²) in [6, 6.07) is 55.4. The van der Waals surface area contributed by atoms with Gasteiger partial charge in [-0.2, -0.15) is 0 Å². The van der Waals surface area contributed by atoms with E-state index < -0.39 is 0 Å². The van der Waals surface area contributed by atoms with Crippen LogP contribution in [0.1, 0.15) is 30.6 Å². The van der Waals surface area contributed by atoms with Crippen molar-refractivity contribution in [3.63, 3.8) is 0 Å². The van der Waals surface area contributed by atoms with Gasteiger partial charge in [0.15, 0.2) is 0 Å². The molecular weight excluding hydrogens is 687 g/mol. The van der Waals surface area contributed by atoms with Gasteiger partial charge in [-0.25, -0.2) is 0 Å². The molecule has 2 aliphatic carbocycles. The van der Waals surface area contributed by atoms with E-state index in [2.05, 4.69) is 181 Å². The molecule has 0 fully saturated rings. The molecule has 55 heavy (non-hydrogen) atoms. The highest BCUT2D eigenvalue weighted by atomic mass is 32.1. The molecule has 2 heterocycles. The lowest BCUT2D eigenvalue weighted by molar-refractivity contribution is 0.593. The van der Waals surface area contributed by atoms with Crippen LogP contribution in [0, 0.1) is 0 Å². The molecule has 9 aromatic rings. The van der Waals surface area contributed by atoms with Crippen molar-refractivity contribution in [1.82, 2.24) is 0 Å². The van der Waals surface area contributed by atoms with Crippen LogP contribution in [0.3, 0.4) is 0 Å². The van der Waals surface area contributed by atoms with E-state index in [1.807, 2.05) is 11.3 Å². The van der Waals surface area contributed by atoms with Crippen molar-refractivity contribution in [3.05, 3.63) is 192 Å². The van der Waals surface area contributed by atoms with Gasteiger partial charge < -0.3 is 9.32 Å². The number of hydrogen-bond donors (Lipinski definition) is 0. The summed E-state index contributed by atoms with van der Waals surface area (Å²) in [7, 11) is 0. The third-order valence-electron chi connectivity index (χ3n) is 11.5. The summed E-state index contributed by atoms with van der Waals surface area (Å²) in [4.78, 5) is 2.48. The molecule has 0 bridgehead atoms. The van der Waals surface area contributed by atoms with Crippen molar-refractivity contribution < 1.29 is 4.42 Å². The van der Waals surface area contributed by atoms with E-state index in [1.54, 1.807) is 0 Å². The Morgan fingerprint density at radius 2 is 1.25 bits per heavy atom. The first-order valence-corrected chi connectivity index (χ1v) is 20.1. The minimum atomic E-state index is 0.931. The molecule has 3 heteroatoms. The van der Waals surface area contributed by atoms with Crippen molar-refractivity contribution in [2.75, 3.05) is 4.90 Å². The van der Waals surface area contributed by atoms with E-state index in [9.17, 15) is 0 Å². The molecule has 0 unspecified atom stereocenters. The minimum absolute atomic E-state index is 0.931. The van der Waals surface area contributed by atoms with E-state index >= 15 is 0 Å². The average molecular weight is 724 g/mol. The summed E-state index contributed by atoms with van der Waals surface area (Å²) in [5.41, 5.74) is 13.4. The summed E-state index contributed by atoms with van der Waals surface area (Å²) in [5.74, 6) is 1.01. The summed E-state index contributed by atoms with van der Waals surface area (Å²) in [6.07, 6.45) is 13.3. The van der Waals surface area contributed by atoms with Crippen molar-refractivity contribution in [3.8, 4) is 22.3 Å². The number of anilines is 3. The zero-order chi connectivity index (χ0) is 36.3. The molecule has 0 atom stereocenters. The first-order valence-electron chi connectivity index (χ1n) is 19.3. The Balaban J connectivity index is 1.17. The number of hydrogen-bond acceptors (Lipinski definition) is 3. The monoisotopic (exact) mass is 723 g/mol. The Morgan fingerprint density at radius 1 is 0.545 bits per heavy atom. The number of aryl methyl sites for hydroxylation is 1. The van der Waals surface area contributed by atoms with Gasteiger partial charge in [-0.15, -0.1) is 11.3 Å². The van der Waals surface area contributed by atoms with Gasteiger partial charge >= 0.3 is 0 Å². The zero-order valence-electron chi connectivity index (χ0n) is 30.3. The second kappa shape index (κ2) is 13.2. The standard InChI is InChI=1S/C52H37NOS/c1-4-14-34(15-5-1)37-24-26-43-44-27-25-38(33-49(44)54-48(43)32-37)53(46-30-28-39(35-16-6-2-7-17-35)41-20-10-11-21-42(41)46)47-31-29-40(36-18-8-3-9-19-36)52-51(47)45-22-12-13-23-50(45)55-52/h1-4,6-14,16-23,25,27-33H,5,15,24,26H2. The number of rotatable bonds is 6. The largest absolute Gasteiger partial charge is 0.456 e. The van der Waals surface area contributed by atoms with Crippen LogP contribution in [0.4, 0.5) is 17.1 Å². The number of benzene rings is 7. The summed E-state index contributed by atoms with van der Waals surface area (Å²) >= 11 is 1.88. The number of thiophene rings is 1. The highest BCUT2D eigenvalue weighted by Crippen LogP contribution is 2.50. The van der Waals surface area contributed by atoms with Gasteiger partial charge in [0.2, 0.25) is 0 Å². The van der Waals surface area contributed by atoms with Crippen LogP contribution in [-0.4, -0.2) is 0 Å². The molecule has 262 valence electrons. The summed E-state index contributed by atoms with van der Waals surface area (Å²) in [6.45, 7) is 0. The molecule has 0 saturated carbocycles. The summed E-state index contributed by atoms with van der Waals surface area (Å²) < 4.78 is 9.39. The van der Waals surface area contributed by atoms with Gasteiger partial charge in [0, 0.05) is 48.3 Å². The molecule has 2 nitrogen and oxygen atoms in total. The van der Waals surface area contributed by atoms with E-state index in [4.69, 9.17) is 4.42 Å². The average Bonchev–Trinajstić information content (AvgIpc) is 3.83. The van der Waals surface area contributed by atoms with Crippen molar-refractivity contribution in [2.45, 2.75) is 25.7 Å². The molecule has 2 aliphatic rings. The SMILES string of the molecule is C1=CCCC(C2=Cc3oc4cc(N(c5ccc(-c6ccccc6)c6ccccc56)c5ccc(-c6ccccc6)c6sc7ccccc7c56)ccc4c3CC2)=C1. The Bertz CT molecular complexity index is 3030. The lowest BCUT2D eigenvalue weighted by Crippen LogP contribution is -2.11. The van der Waals surface area contributed by atoms with Crippen molar-refractivity contribution in [2.24, 2.45) is 0 Å². The Hall–Kier alpha value is -6.42. The normalized spacial score (nSPS) is 14.0. The quantitative estimate of drug-likeness (QED) is 0.170. The third-order valence-corrected chi connectivity index (χ3v) is 12.7. The van der Waals surface area contributed by atoms with Gasteiger partial charge in [-0.05, 0) is 101 Å². The first-order chi connectivity index (χ1) is 27.3. The van der Waals surface area contributed by atoms with Crippen LogP contribution < -0.4 is 4.90 Å². The first kappa shape index (κ1) is 32.0. The van der Waals surface area contributed by atoms with Crippen molar-refractivity contribution in [1.29, 1.82) is 0 Å². The summed E-state index contributed by atoms with van der Waals surface area (Å²) in [5, 5.41) is 6.16. The second-order valence-electron chi connectivity index (χ2n) is 14.6. The van der Waals surface area contributed by atoms with Gasteiger partial charge in [0.05, 0.1) is 11.4 Å². The maximum absolute atomic E-state index is 6.81. The smallest absolute Gasteiger partial charge is 0.137 e. The fourth-order valence-corrected chi connectivity index (χ4v) is 10.1. The molecule has 0 radical (unpaired) electrons. The van der Waals surface area contributed by atoms with Crippen molar-refractivity contribution >= 4 is 76.4 Å². The number of furan rings is 1.